The van der Waals surface area contributed by atoms with Gasteiger partial charge in [0.1, 0.15) is 5.92 Å². The normalized spacial score (nSPS) is 17.1. The van der Waals surface area contributed by atoms with Gasteiger partial charge in [0.15, 0.2) is 0 Å². The van der Waals surface area contributed by atoms with E-state index >= 15 is 0 Å². The molecule has 1 aliphatic heterocycles. The fourth-order valence-corrected chi connectivity index (χ4v) is 3.02. The molecule has 1 heterocycles. The van der Waals surface area contributed by atoms with Crippen LogP contribution in [-0.4, -0.2) is 24.9 Å². The summed E-state index contributed by atoms with van der Waals surface area (Å²) in [6.07, 6.45) is 1.30. The molecule has 0 saturated carbocycles. The van der Waals surface area contributed by atoms with Gasteiger partial charge in [0.25, 0.3) is 0 Å². The maximum Gasteiger partial charge on any atom is 0.239 e. The molecular weight excluding hydrogens is 324 g/mol. The lowest BCUT2D eigenvalue weighted by Gasteiger charge is -2.16. The molecule has 1 atom stereocenters. The molecular formula is C19H19ClN2O2. The highest BCUT2D eigenvalue weighted by Crippen LogP contribution is 2.26. The van der Waals surface area contributed by atoms with Crippen molar-refractivity contribution in [3.8, 4) is 0 Å². The van der Waals surface area contributed by atoms with Crippen LogP contribution in [0.5, 0.6) is 0 Å². The number of halogens is 1. The van der Waals surface area contributed by atoms with Crippen molar-refractivity contribution in [2.24, 2.45) is 5.92 Å². The van der Waals surface area contributed by atoms with Crippen molar-refractivity contribution in [2.45, 2.75) is 12.8 Å². The van der Waals surface area contributed by atoms with Crippen molar-refractivity contribution in [1.82, 2.24) is 5.32 Å². The minimum Gasteiger partial charge on any atom is -0.355 e. The maximum atomic E-state index is 12.5. The second kappa shape index (κ2) is 7.49. The minimum absolute atomic E-state index is 0.144. The average Bonchev–Trinajstić information content (AvgIpc) is 2.98. The van der Waals surface area contributed by atoms with Crippen LogP contribution in [-0.2, 0) is 16.0 Å². The molecule has 4 nitrogen and oxygen atoms in total. The SMILES string of the molecule is O=C(NCCc1ccccc1)C1CCN(c2ccc(Cl)cc2)C1=O. The van der Waals surface area contributed by atoms with Gasteiger partial charge in [-0.05, 0) is 42.7 Å². The van der Waals surface area contributed by atoms with E-state index in [0.717, 1.165) is 12.1 Å². The first-order valence-corrected chi connectivity index (χ1v) is 8.41. The number of nitrogens with one attached hydrogen (secondary N) is 1. The lowest BCUT2D eigenvalue weighted by Crippen LogP contribution is -2.37. The summed E-state index contributed by atoms with van der Waals surface area (Å²) in [5.74, 6) is -0.932. The Morgan fingerprint density at radius 3 is 2.54 bits per heavy atom. The molecule has 2 aromatic rings. The van der Waals surface area contributed by atoms with E-state index in [9.17, 15) is 9.59 Å². The first-order chi connectivity index (χ1) is 11.6. The van der Waals surface area contributed by atoms with E-state index < -0.39 is 5.92 Å². The zero-order valence-corrected chi connectivity index (χ0v) is 14.0. The number of anilines is 1. The highest BCUT2D eigenvalue weighted by Gasteiger charge is 2.37. The van der Waals surface area contributed by atoms with Crippen LogP contribution in [0.3, 0.4) is 0 Å². The first kappa shape index (κ1) is 16.5. The van der Waals surface area contributed by atoms with Gasteiger partial charge in [-0.2, -0.15) is 0 Å². The van der Waals surface area contributed by atoms with E-state index in [-0.39, 0.29) is 11.8 Å². The summed E-state index contributed by atoms with van der Waals surface area (Å²) in [7, 11) is 0. The van der Waals surface area contributed by atoms with Crippen LogP contribution in [0, 0.1) is 5.92 Å². The number of rotatable bonds is 5. The van der Waals surface area contributed by atoms with E-state index in [2.05, 4.69) is 5.32 Å². The summed E-state index contributed by atoms with van der Waals surface area (Å²) < 4.78 is 0. The van der Waals surface area contributed by atoms with Crippen LogP contribution in [0.25, 0.3) is 0 Å². The van der Waals surface area contributed by atoms with Crippen LogP contribution in [0.15, 0.2) is 54.6 Å². The molecule has 24 heavy (non-hydrogen) atoms. The smallest absolute Gasteiger partial charge is 0.239 e. The number of benzene rings is 2. The van der Waals surface area contributed by atoms with Crippen LogP contribution < -0.4 is 10.2 Å². The van der Waals surface area contributed by atoms with Gasteiger partial charge in [-0.1, -0.05) is 41.9 Å². The van der Waals surface area contributed by atoms with Crippen molar-refractivity contribution in [3.63, 3.8) is 0 Å². The third-order valence-electron chi connectivity index (χ3n) is 4.22. The Bertz CT molecular complexity index is 716. The average molecular weight is 343 g/mol. The molecule has 0 bridgehead atoms. The van der Waals surface area contributed by atoms with Gasteiger partial charge in [0.2, 0.25) is 11.8 Å². The van der Waals surface area contributed by atoms with Crippen molar-refractivity contribution in [2.75, 3.05) is 18.0 Å². The monoisotopic (exact) mass is 342 g/mol. The largest absolute Gasteiger partial charge is 0.355 e. The number of hydrogen-bond donors (Lipinski definition) is 1. The highest BCUT2D eigenvalue weighted by molar-refractivity contribution is 6.30. The molecule has 0 aliphatic carbocycles. The molecule has 124 valence electrons. The molecule has 0 radical (unpaired) electrons. The Labute approximate surface area is 146 Å². The summed E-state index contributed by atoms with van der Waals surface area (Å²) >= 11 is 5.87. The van der Waals surface area contributed by atoms with E-state index in [0.29, 0.717) is 24.5 Å². The second-order valence-electron chi connectivity index (χ2n) is 5.83. The topological polar surface area (TPSA) is 49.4 Å². The molecule has 2 amide bonds. The lowest BCUT2D eigenvalue weighted by atomic mass is 10.1. The van der Waals surface area contributed by atoms with Crippen LogP contribution in [0.1, 0.15) is 12.0 Å². The molecule has 5 heteroatoms. The highest BCUT2D eigenvalue weighted by atomic mass is 35.5. The number of carbonyl (C=O) groups is 2. The Kier molecular flexibility index (Phi) is 5.16. The van der Waals surface area contributed by atoms with Crippen molar-refractivity contribution < 1.29 is 9.59 Å². The van der Waals surface area contributed by atoms with Crippen molar-refractivity contribution in [3.05, 3.63) is 65.2 Å². The van der Waals surface area contributed by atoms with E-state index in [4.69, 9.17) is 11.6 Å². The molecule has 1 aliphatic rings. The second-order valence-corrected chi connectivity index (χ2v) is 6.27. The van der Waals surface area contributed by atoms with Gasteiger partial charge >= 0.3 is 0 Å². The third-order valence-corrected chi connectivity index (χ3v) is 4.47. The van der Waals surface area contributed by atoms with E-state index in [1.165, 1.54) is 5.56 Å². The molecule has 2 aromatic carbocycles. The molecule has 0 spiro atoms. The van der Waals surface area contributed by atoms with Gasteiger partial charge < -0.3 is 10.2 Å². The van der Waals surface area contributed by atoms with Gasteiger partial charge in [0.05, 0.1) is 0 Å². The minimum atomic E-state index is -0.601. The first-order valence-electron chi connectivity index (χ1n) is 8.04. The van der Waals surface area contributed by atoms with Crippen molar-refractivity contribution in [1.29, 1.82) is 0 Å². The summed E-state index contributed by atoms with van der Waals surface area (Å²) in [4.78, 5) is 26.4. The lowest BCUT2D eigenvalue weighted by molar-refractivity contribution is -0.132. The molecule has 3 rings (SSSR count). The Hall–Kier alpha value is -2.33. The van der Waals surface area contributed by atoms with Crippen LogP contribution in [0.2, 0.25) is 5.02 Å². The zero-order valence-electron chi connectivity index (χ0n) is 13.2. The Balaban J connectivity index is 1.54. The molecule has 1 N–H and O–H groups in total. The quantitative estimate of drug-likeness (QED) is 0.849. The number of carbonyl (C=O) groups excluding carboxylic acids is 2. The van der Waals surface area contributed by atoms with Crippen molar-refractivity contribution >= 4 is 29.1 Å². The predicted molar refractivity (Wildman–Crippen MR) is 95.1 cm³/mol. The third kappa shape index (κ3) is 3.77. The van der Waals surface area contributed by atoms with Gasteiger partial charge in [-0.3, -0.25) is 9.59 Å². The van der Waals surface area contributed by atoms with Gasteiger partial charge in [-0.25, -0.2) is 0 Å². The summed E-state index contributed by atoms with van der Waals surface area (Å²) in [5.41, 5.74) is 1.95. The van der Waals surface area contributed by atoms with Crippen LogP contribution in [0.4, 0.5) is 5.69 Å². The Morgan fingerprint density at radius 2 is 1.83 bits per heavy atom. The molecule has 1 unspecified atom stereocenters. The van der Waals surface area contributed by atoms with Gasteiger partial charge in [0, 0.05) is 23.8 Å². The molecule has 1 saturated heterocycles. The predicted octanol–water partition coefficient (Wildman–Crippen LogP) is 3.05. The van der Waals surface area contributed by atoms with Crippen LogP contribution >= 0.6 is 11.6 Å². The van der Waals surface area contributed by atoms with E-state index in [1.807, 2.05) is 30.3 Å². The summed E-state index contributed by atoms with van der Waals surface area (Å²) in [5, 5.41) is 3.50. The summed E-state index contributed by atoms with van der Waals surface area (Å²) in [6, 6.07) is 17.1. The number of nitrogens with zero attached hydrogens (tertiary/aromatic N) is 1. The molecule has 0 aromatic heterocycles. The maximum absolute atomic E-state index is 12.5. The molecule has 1 fully saturated rings. The number of hydrogen-bond acceptors (Lipinski definition) is 2. The number of amides is 2. The zero-order chi connectivity index (χ0) is 16.9. The standard InChI is InChI=1S/C19H19ClN2O2/c20-15-6-8-16(9-7-15)22-13-11-17(19(22)24)18(23)21-12-10-14-4-2-1-3-5-14/h1-9,17H,10-13H2,(H,21,23). The fourth-order valence-electron chi connectivity index (χ4n) is 2.90. The van der Waals surface area contributed by atoms with E-state index in [1.54, 1.807) is 29.2 Å². The summed E-state index contributed by atoms with van der Waals surface area (Å²) in [6.45, 7) is 1.09. The Morgan fingerprint density at radius 1 is 1.12 bits per heavy atom. The van der Waals surface area contributed by atoms with Gasteiger partial charge in [-0.15, -0.1) is 0 Å². The fraction of sp³-hybridized carbons (Fsp3) is 0.263.